The molecule has 1 amide bonds. The first-order valence-corrected chi connectivity index (χ1v) is 5.09. The van der Waals surface area contributed by atoms with Crippen LogP contribution in [-0.4, -0.2) is 37.5 Å². The van der Waals surface area contributed by atoms with Gasteiger partial charge in [-0.05, 0) is 25.9 Å². The zero-order valence-electron chi connectivity index (χ0n) is 8.62. The number of hydrogen-bond donors (Lipinski definition) is 1. The van der Waals surface area contributed by atoms with E-state index in [4.69, 9.17) is 5.26 Å². The molecule has 1 aliphatic rings. The zero-order valence-corrected chi connectivity index (χ0v) is 8.62. The Morgan fingerprint density at radius 3 is 2.71 bits per heavy atom. The van der Waals surface area contributed by atoms with Gasteiger partial charge in [-0.2, -0.15) is 5.26 Å². The largest absolute Gasteiger partial charge is 0.359 e. The Kier molecular flexibility index (Phi) is 4.41. The third kappa shape index (κ3) is 3.00. The van der Waals surface area contributed by atoms with E-state index in [1.165, 1.54) is 0 Å². The molecule has 4 nitrogen and oxygen atoms in total. The van der Waals surface area contributed by atoms with E-state index in [1.54, 1.807) is 7.05 Å². The van der Waals surface area contributed by atoms with Crippen molar-refractivity contribution in [3.05, 3.63) is 0 Å². The molecule has 0 aromatic rings. The van der Waals surface area contributed by atoms with Gasteiger partial charge in [-0.3, -0.25) is 4.79 Å². The van der Waals surface area contributed by atoms with Crippen LogP contribution in [0.3, 0.4) is 0 Å². The van der Waals surface area contributed by atoms with Gasteiger partial charge in [-0.25, -0.2) is 0 Å². The average Bonchev–Trinajstić information content (AvgIpc) is 2.26. The van der Waals surface area contributed by atoms with Gasteiger partial charge in [0.15, 0.2) is 0 Å². The average molecular weight is 195 g/mol. The molecule has 0 atom stereocenters. The molecule has 0 saturated carbocycles. The fourth-order valence-electron chi connectivity index (χ4n) is 1.83. The molecule has 1 saturated heterocycles. The highest BCUT2D eigenvalue weighted by Crippen LogP contribution is 2.16. The van der Waals surface area contributed by atoms with Crippen LogP contribution in [0.4, 0.5) is 0 Å². The normalized spacial score (nSPS) is 18.9. The molecule has 0 unspecified atom stereocenters. The Morgan fingerprint density at radius 1 is 1.57 bits per heavy atom. The van der Waals surface area contributed by atoms with Crippen molar-refractivity contribution in [1.82, 2.24) is 10.2 Å². The summed E-state index contributed by atoms with van der Waals surface area (Å²) < 4.78 is 0. The lowest BCUT2D eigenvalue weighted by Gasteiger charge is -2.30. The Labute approximate surface area is 84.9 Å². The van der Waals surface area contributed by atoms with Crippen molar-refractivity contribution in [3.8, 4) is 6.07 Å². The van der Waals surface area contributed by atoms with Crippen LogP contribution in [-0.2, 0) is 4.79 Å². The van der Waals surface area contributed by atoms with Crippen LogP contribution in [0.2, 0.25) is 0 Å². The molecule has 1 N–H and O–H groups in total. The van der Waals surface area contributed by atoms with E-state index < -0.39 is 0 Å². The lowest BCUT2D eigenvalue weighted by Crippen LogP contribution is -2.39. The van der Waals surface area contributed by atoms with Crippen LogP contribution in [0.15, 0.2) is 0 Å². The second kappa shape index (κ2) is 5.61. The maximum atomic E-state index is 11.3. The summed E-state index contributed by atoms with van der Waals surface area (Å²) in [6.07, 6.45) is 2.43. The molecular formula is C10H17N3O. The number of nitriles is 1. The molecule has 0 spiro atoms. The molecule has 0 aromatic carbocycles. The maximum Gasteiger partial charge on any atom is 0.222 e. The van der Waals surface area contributed by atoms with Crippen molar-refractivity contribution in [2.24, 2.45) is 5.92 Å². The fraction of sp³-hybridized carbons (Fsp3) is 0.800. The second-order valence-corrected chi connectivity index (χ2v) is 3.64. The Balaban J connectivity index is 2.25. The fourth-order valence-corrected chi connectivity index (χ4v) is 1.83. The quantitative estimate of drug-likeness (QED) is 0.707. The summed E-state index contributed by atoms with van der Waals surface area (Å²) in [5.74, 6) is 0.336. The molecule has 0 bridgehead atoms. The molecule has 1 aliphatic heterocycles. The molecule has 1 rings (SSSR count). The van der Waals surface area contributed by atoms with Gasteiger partial charge >= 0.3 is 0 Å². The molecule has 1 heterocycles. The molecule has 0 aromatic heterocycles. The number of amides is 1. The lowest BCUT2D eigenvalue weighted by atomic mass is 9.96. The number of nitrogens with zero attached hydrogens (tertiary/aromatic N) is 2. The molecular weight excluding hydrogens is 178 g/mol. The Hall–Kier alpha value is -1.08. The molecule has 1 fully saturated rings. The van der Waals surface area contributed by atoms with Crippen molar-refractivity contribution in [3.63, 3.8) is 0 Å². The van der Waals surface area contributed by atoms with Gasteiger partial charge in [0, 0.05) is 25.9 Å². The van der Waals surface area contributed by atoms with Gasteiger partial charge in [0.2, 0.25) is 5.91 Å². The van der Waals surface area contributed by atoms with Crippen LogP contribution in [0.5, 0.6) is 0 Å². The van der Waals surface area contributed by atoms with E-state index in [-0.39, 0.29) is 11.8 Å². The van der Waals surface area contributed by atoms with Crippen molar-refractivity contribution in [2.75, 3.05) is 26.7 Å². The van der Waals surface area contributed by atoms with E-state index in [0.29, 0.717) is 6.42 Å². The summed E-state index contributed by atoms with van der Waals surface area (Å²) in [5.41, 5.74) is 0. The highest BCUT2D eigenvalue weighted by Gasteiger charge is 2.23. The van der Waals surface area contributed by atoms with Crippen LogP contribution in [0.25, 0.3) is 0 Å². The first kappa shape index (κ1) is 11.0. The maximum absolute atomic E-state index is 11.3. The van der Waals surface area contributed by atoms with Crippen LogP contribution < -0.4 is 5.32 Å². The SMILES string of the molecule is CNC(=O)C1CCN(CCC#N)CC1. The summed E-state index contributed by atoms with van der Waals surface area (Å²) in [5, 5.41) is 11.1. The molecule has 78 valence electrons. The number of hydrogen-bond acceptors (Lipinski definition) is 3. The first-order chi connectivity index (χ1) is 6.77. The minimum atomic E-state index is 0.157. The second-order valence-electron chi connectivity index (χ2n) is 3.64. The highest BCUT2D eigenvalue weighted by molar-refractivity contribution is 5.78. The van der Waals surface area contributed by atoms with Crippen molar-refractivity contribution >= 4 is 5.91 Å². The first-order valence-electron chi connectivity index (χ1n) is 5.09. The zero-order chi connectivity index (χ0) is 10.4. The van der Waals surface area contributed by atoms with Gasteiger partial charge in [-0.15, -0.1) is 0 Å². The number of likely N-dealkylation sites (tertiary alicyclic amines) is 1. The number of carbonyl (C=O) groups is 1. The van der Waals surface area contributed by atoms with Gasteiger partial charge < -0.3 is 10.2 Å². The van der Waals surface area contributed by atoms with Crippen molar-refractivity contribution < 1.29 is 4.79 Å². The third-order valence-corrected chi connectivity index (χ3v) is 2.74. The predicted octanol–water partition coefficient (Wildman–Crippen LogP) is 0.358. The molecule has 0 radical (unpaired) electrons. The summed E-state index contributed by atoms with van der Waals surface area (Å²) >= 11 is 0. The lowest BCUT2D eigenvalue weighted by molar-refractivity contribution is -0.125. The van der Waals surface area contributed by atoms with Gasteiger partial charge in [0.1, 0.15) is 0 Å². The smallest absolute Gasteiger partial charge is 0.222 e. The van der Waals surface area contributed by atoms with E-state index in [9.17, 15) is 4.79 Å². The van der Waals surface area contributed by atoms with E-state index in [1.807, 2.05) is 0 Å². The van der Waals surface area contributed by atoms with Gasteiger partial charge in [0.25, 0.3) is 0 Å². The monoisotopic (exact) mass is 195 g/mol. The Morgan fingerprint density at radius 2 is 2.21 bits per heavy atom. The number of rotatable bonds is 3. The van der Waals surface area contributed by atoms with E-state index in [2.05, 4.69) is 16.3 Å². The minimum Gasteiger partial charge on any atom is -0.359 e. The molecule has 0 aliphatic carbocycles. The van der Waals surface area contributed by atoms with Gasteiger partial charge in [-0.1, -0.05) is 0 Å². The summed E-state index contributed by atoms with van der Waals surface area (Å²) in [6.45, 7) is 2.73. The van der Waals surface area contributed by atoms with Crippen LogP contribution in [0.1, 0.15) is 19.3 Å². The van der Waals surface area contributed by atoms with E-state index >= 15 is 0 Å². The van der Waals surface area contributed by atoms with Crippen LogP contribution >= 0.6 is 0 Å². The van der Waals surface area contributed by atoms with Crippen molar-refractivity contribution in [1.29, 1.82) is 5.26 Å². The Bertz CT molecular complexity index is 226. The molecule has 4 heteroatoms. The summed E-state index contributed by atoms with van der Waals surface area (Å²) in [4.78, 5) is 13.6. The minimum absolute atomic E-state index is 0.157. The number of piperidine rings is 1. The number of carbonyl (C=O) groups excluding carboxylic acids is 1. The van der Waals surface area contributed by atoms with Gasteiger partial charge in [0.05, 0.1) is 6.07 Å². The standard InChI is InChI=1S/C10H17N3O/c1-12-10(14)9-3-7-13(8-4-9)6-2-5-11/h9H,2-4,6-8H2,1H3,(H,12,14). The summed E-state index contributed by atoms with van der Waals surface area (Å²) in [7, 11) is 1.68. The van der Waals surface area contributed by atoms with Crippen LogP contribution in [0, 0.1) is 17.2 Å². The molecule has 14 heavy (non-hydrogen) atoms. The number of nitrogens with one attached hydrogen (secondary N) is 1. The van der Waals surface area contributed by atoms with E-state index in [0.717, 1.165) is 32.5 Å². The summed E-state index contributed by atoms with van der Waals surface area (Å²) in [6, 6.07) is 2.14. The highest BCUT2D eigenvalue weighted by atomic mass is 16.1. The van der Waals surface area contributed by atoms with Crippen molar-refractivity contribution in [2.45, 2.75) is 19.3 Å². The topological polar surface area (TPSA) is 56.1 Å². The third-order valence-electron chi connectivity index (χ3n) is 2.74. The predicted molar refractivity (Wildman–Crippen MR) is 53.5 cm³/mol.